The van der Waals surface area contributed by atoms with Crippen LogP contribution >= 0.6 is 0 Å². The van der Waals surface area contributed by atoms with Crippen LogP contribution in [0, 0.1) is 0 Å². The van der Waals surface area contributed by atoms with Gasteiger partial charge in [-0.2, -0.15) is 18.2 Å². The van der Waals surface area contributed by atoms with Crippen LogP contribution in [0.1, 0.15) is 17.8 Å². The number of halogens is 3. The van der Waals surface area contributed by atoms with Crippen molar-refractivity contribution in [2.75, 3.05) is 13.7 Å². The zero-order valence-electron chi connectivity index (χ0n) is 7.21. The highest BCUT2D eigenvalue weighted by molar-refractivity contribution is 4.94. The lowest BCUT2D eigenvalue weighted by molar-refractivity contribution is -0.146. The third kappa shape index (κ3) is 2.20. The Morgan fingerprint density at radius 2 is 2.21 bits per heavy atom. The summed E-state index contributed by atoms with van der Waals surface area (Å²) in [5.74, 6) is -1.61. The second kappa shape index (κ2) is 3.93. The molecule has 5 nitrogen and oxygen atoms in total. The van der Waals surface area contributed by atoms with Crippen LogP contribution in [-0.4, -0.2) is 23.8 Å². The topological polar surface area (TPSA) is 74.2 Å². The molecule has 0 radical (unpaired) electrons. The van der Waals surface area contributed by atoms with E-state index in [1.165, 1.54) is 7.11 Å². The van der Waals surface area contributed by atoms with E-state index in [0.29, 0.717) is 0 Å². The van der Waals surface area contributed by atoms with Gasteiger partial charge in [0.1, 0.15) is 6.10 Å². The largest absolute Gasteiger partial charge is 0.455 e. The molecule has 0 aliphatic carbocycles. The summed E-state index contributed by atoms with van der Waals surface area (Å²) < 4.78 is 45.1. The van der Waals surface area contributed by atoms with Crippen molar-refractivity contribution in [3.8, 4) is 0 Å². The van der Waals surface area contributed by atoms with Crippen LogP contribution in [0.5, 0.6) is 0 Å². The second-order valence-electron chi connectivity index (χ2n) is 2.41. The molecule has 0 aliphatic heterocycles. The maximum Gasteiger partial charge on any atom is 0.455 e. The van der Waals surface area contributed by atoms with E-state index < -0.39 is 18.1 Å². The Hall–Kier alpha value is -1.15. The first-order valence-electron chi connectivity index (χ1n) is 3.62. The highest BCUT2D eigenvalue weighted by atomic mass is 19.4. The van der Waals surface area contributed by atoms with Crippen LogP contribution in [0.15, 0.2) is 4.52 Å². The fraction of sp³-hybridized carbons (Fsp3) is 0.667. The molecule has 0 aliphatic rings. The van der Waals surface area contributed by atoms with Gasteiger partial charge in [-0.15, -0.1) is 0 Å². The molecule has 0 saturated heterocycles. The van der Waals surface area contributed by atoms with Gasteiger partial charge in [0.05, 0.1) is 0 Å². The molecule has 0 fully saturated rings. The van der Waals surface area contributed by atoms with Gasteiger partial charge in [-0.3, -0.25) is 0 Å². The van der Waals surface area contributed by atoms with Crippen molar-refractivity contribution >= 4 is 0 Å². The Morgan fingerprint density at radius 3 is 2.57 bits per heavy atom. The van der Waals surface area contributed by atoms with E-state index >= 15 is 0 Å². The number of alkyl halides is 3. The minimum absolute atomic E-state index is 0.0318. The van der Waals surface area contributed by atoms with E-state index in [9.17, 15) is 13.2 Å². The molecule has 1 aromatic rings. The van der Waals surface area contributed by atoms with Crippen molar-refractivity contribution in [3.05, 3.63) is 11.7 Å². The predicted octanol–water partition coefficient (Wildman–Crippen LogP) is 0.735. The van der Waals surface area contributed by atoms with Gasteiger partial charge in [0.25, 0.3) is 11.7 Å². The Balaban J connectivity index is 2.87. The van der Waals surface area contributed by atoms with Gasteiger partial charge in [-0.25, -0.2) is 0 Å². The van der Waals surface area contributed by atoms with Crippen LogP contribution in [0.25, 0.3) is 0 Å². The number of hydrogen-bond acceptors (Lipinski definition) is 5. The average molecular weight is 211 g/mol. The normalized spacial score (nSPS) is 14.4. The van der Waals surface area contributed by atoms with Crippen molar-refractivity contribution in [3.63, 3.8) is 0 Å². The summed E-state index contributed by atoms with van der Waals surface area (Å²) in [7, 11) is 1.29. The first-order valence-corrected chi connectivity index (χ1v) is 3.62. The summed E-state index contributed by atoms with van der Waals surface area (Å²) in [6.07, 6.45) is -5.42. The van der Waals surface area contributed by atoms with Crippen LogP contribution in [0.4, 0.5) is 13.2 Å². The molecule has 1 unspecified atom stereocenters. The number of ether oxygens (including phenoxy) is 1. The van der Waals surface area contributed by atoms with E-state index in [4.69, 9.17) is 10.5 Å². The van der Waals surface area contributed by atoms with E-state index in [-0.39, 0.29) is 12.4 Å². The zero-order chi connectivity index (χ0) is 10.8. The smallest absolute Gasteiger partial charge is 0.370 e. The first-order chi connectivity index (χ1) is 6.49. The Kier molecular flexibility index (Phi) is 3.06. The maximum atomic E-state index is 12.0. The molecule has 1 atom stereocenters. The SMILES string of the molecule is COC(CN)c1nc(C(F)(F)F)no1. The van der Waals surface area contributed by atoms with Crippen molar-refractivity contribution in [2.45, 2.75) is 12.3 Å². The summed E-state index contributed by atoms with van der Waals surface area (Å²) in [6.45, 7) is -0.0318. The number of rotatable bonds is 3. The molecule has 1 rings (SSSR count). The standard InChI is InChI=1S/C6H8F3N3O2/c1-13-3(2-10)4-11-5(12-14-4)6(7,8)9/h3H,2,10H2,1H3. The Labute approximate surface area is 77.0 Å². The molecule has 0 aromatic carbocycles. The van der Waals surface area contributed by atoms with E-state index in [2.05, 4.69) is 14.7 Å². The minimum Gasteiger partial charge on any atom is -0.370 e. The number of methoxy groups -OCH3 is 1. The highest BCUT2D eigenvalue weighted by Crippen LogP contribution is 2.27. The summed E-state index contributed by atoms with van der Waals surface area (Å²) in [6, 6.07) is 0. The van der Waals surface area contributed by atoms with Crippen LogP contribution in [0.3, 0.4) is 0 Å². The van der Waals surface area contributed by atoms with E-state index in [1.807, 2.05) is 0 Å². The fourth-order valence-electron chi connectivity index (χ4n) is 0.779. The molecule has 0 bridgehead atoms. The average Bonchev–Trinajstić information content (AvgIpc) is 2.54. The van der Waals surface area contributed by atoms with E-state index in [1.54, 1.807) is 0 Å². The number of nitrogens with two attached hydrogens (primary N) is 1. The molecule has 1 aromatic heterocycles. The van der Waals surface area contributed by atoms with Gasteiger partial charge in [-0.05, 0) is 0 Å². The Bertz CT molecular complexity index is 295. The van der Waals surface area contributed by atoms with Crippen molar-refractivity contribution in [2.24, 2.45) is 5.73 Å². The highest BCUT2D eigenvalue weighted by Gasteiger charge is 2.38. The summed E-state index contributed by atoms with van der Waals surface area (Å²) >= 11 is 0. The predicted molar refractivity (Wildman–Crippen MR) is 38.1 cm³/mol. The lowest BCUT2D eigenvalue weighted by Gasteiger charge is -2.05. The number of hydrogen-bond donors (Lipinski definition) is 1. The Morgan fingerprint density at radius 1 is 1.57 bits per heavy atom. The molecule has 0 saturated carbocycles. The molecule has 0 spiro atoms. The van der Waals surface area contributed by atoms with Crippen LogP contribution < -0.4 is 5.73 Å². The summed E-state index contributed by atoms with van der Waals surface area (Å²) in [5.41, 5.74) is 5.20. The number of nitrogens with zero attached hydrogens (tertiary/aromatic N) is 2. The molecule has 8 heteroatoms. The summed E-state index contributed by atoms with van der Waals surface area (Å²) in [5, 5.41) is 2.76. The molecule has 80 valence electrons. The van der Waals surface area contributed by atoms with Crippen molar-refractivity contribution in [1.29, 1.82) is 0 Å². The fourth-order valence-corrected chi connectivity index (χ4v) is 0.779. The summed E-state index contributed by atoms with van der Waals surface area (Å²) in [4.78, 5) is 3.12. The van der Waals surface area contributed by atoms with Crippen molar-refractivity contribution < 1.29 is 22.4 Å². The minimum atomic E-state index is -4.62. The van der Waals surface area contributed by atoms with Gasteiger partial charge in [0, 0.05) is 13.7 Å². The molecular weight excluding hydrogens is 203 g/mol. The van der Waals surface area contributed by atoms with E-state index in [0.717, 1.165) is 0 Å². The molecular formula is C6H8F3N3O2. The van der Waals surface area contributed by atoms with Crippen LogP contribution in [-0.2, 0) is 10.9 Å². The second-order valence-corrected chi connectivity index (χ2v) is 2.41. The zero-order valence-corrected chi connectivity index (χ0v) is 7.21. The quantitative estimate of drug-likeness (QED) is 0.797. The number of aromatic nitrogens is 2. The third-order valence-electron chi connectivity index (χ3n) is 1.47. The molecule has 14 heavy (non-hydrogen) atoms. The lowest BCUT2D eigenvalue weighted by atomic mass is 10.3. The molecule has 2 N–H and O–H groups in total. The lowest BCUT2D eigenvalue weighted by Crippen LogP contribution is -2.15. The van der Waals surface area contributed by atoms with Crippen LogP contribution in [0.2, 0.25) is 0 Å². The van der Waals surface area contributed by atoms with Gasteiger partial charge >= 0.3 is 6.18 Å². The van der Waals surface area contributed by atoms with Gasteiger partial charge in [0.15, 0.2) is 0 Å². The maximum absolute atomic E-state index is 12.0. The van der Waals surface area contributed by atoms with Crippen molar-refractivity contribution in [1.82, 2.24) is 10.1 Å². The molecule has 1 heterocycles. The van der Waals surface area contributed by atoms with Gasteiger partial charge in [-0.1, -0.05) is 5.16 Å². The first kappa shape index (κ1) is 10.9. The monoisotopic (exact) mass is 211 g/mol. The van der Waals surface area contributed by atoms with Gasteiger partial charge in [0.2, 0.25) is 0 Å². The molecule has 0 amide bonds. The third-order valence-corrected chi connectivity index (χ3v) is 1.47. The van der Waals surface area contributed by atoms with Gasteiger partial charge < -0.3 is 15.0 Å².